The number of esters is 1. The third-order valence-corrected chi connectivity index (χ3v) is 3.99. The van der Waals surface area contributed by atoms with Crippen LogP contribution in [0.4, 0.5) is 10.5 Å². The van der Waals surface area contributed by atoms with Crippen molar-refractivity contribution in [2.24, 2.45) is 0 Å². The number of amides is 2. The SMILES string of the molecule is CCOC(=O)CN1CCN(C(=O)Nc2cc(Cl)ccc2C)CC1. The number of urea groups is 1. The topological polar surface area (TPSA) is 61.9 Å². The number of hydrogen-bond acceptors (Lipinski definition) is 4. The summed E-state index contributed by atoms with van der Waals surface area (Å²) in [5, 5.41) is 3.48. The fourth-order valence-corrected chi connectivity index (χ4v) is 2.59. The molecule has 0 saturated carbocycles. The molecule has 1 fully saturated rings. The quantitative estimate of drug-likeness (QED) is 0.855. The lowest BCUT2D eigenvalue weighted by Gasteiger charge is -2.34. The standard InChI is InChI=1S/C16H22ClN3O3/c1-3-23-15(21)11-19-6-8-20(9-7-19)16(22)18-14-10-13(17)5-4-12(14)2/h4-5,10H,3,6-9,11H2,1-2H3,(H,18,22). The minimum Gasteiger partial charge on any atom is -0.465 e. The van der Waals surface area contributed by atoms with Crippen molar-refractivity contribution in [3.8, 4) is 0 Å². The third kappa shape index (κ3) is 5.11. The molecule has 1 heterocycles. The van der Waals surface area contributed by atoms with Crippen LogP contribution in [0.3, 0.4) is 0 Å². The highest BCUT2D eigenvalue weighted by Crippen LogP contribution is 2.20. The maximum Gasteiger partial charge on any atom is 0.321 e. The van der Waals surface area contributed by atoms with Gasteiger partial charge in [0.05, 0.1) is 13.2 Å². The van der Waals surface area contributed by atoms with Crippen molar-refractivity contribution in [1.29, 1.82) is 0 Å². The van der Waals surface area contributed by atoms with Gasteiger partial charge in [0.15, 0.2) is 0 Å². The maximum absolute atomic E-state index is 12.3. The van der Waals surface area contributed by atoms with E-state index in [1.807, 2.05) is 17.9 Å². The summed E-state index contributed by atoms with van der Waals surface area (Å²) >= 11 is 5.96. The number of carbonyl (C=O) groups is 2. The number of nitrogens with zero attached hydrogens (tertiary/aromatic N) is 2. The van der Waals surface area contributed by atoms with Gasteiger partial charge in [-0.05, 0) is 31.5 Å². The lowest BCUT2D eigenvalue weighted by Crippen LogP contribution is -2.51. The summed E-state index contributed by atoms with van der Waals surface area (Å²) in [6, 6.07) is 5.26. The normalized spacial score (nSPS) is 15.3. The number of halogens is 1. The second kappa shape index (κ2) is 8.17. The number of hydrogen-bond donors (Lipinski definition) is 1. The molecule has 6 nitrogen and oxygen atoms in total. The average molecular weight is 340 g/mol. The van der Waals surface area contributed by atoms with Gasteiger partial charge in [-0.1, -0.05) is 17.7 Å². The van der Waals surface area contributed by atoms with Gasteiger partial charge < -0.3 is 15.0 Å². The van der Waals surface area contributed by atoms with Crippen molar-refractivity contribution in [3.63, 3.8) is 0 Å². The number of benzene rings is 1. The van der Waals surface area contributed by atoms with E-state index in [1.165, 1.54) is 0 Å². The zero-order valence-electron chi connectivity index (χ0n) is 13.5. The summed E-state index contributed by atoms with van der Waals surface area (Å²) in [6.45, 7) is 6.83. The van der Waals surface area contributed by atoms with Crippen LogP contribution in [0.1, 0.15) is 12.5 Å². The summed E-state index contributed by atoms with van der Waals surface area (Å²) in [4.78, 5) is 27.5. The average Bonchev–Trinajstić information content (AvgIpc) is 2.52. The number of piperazine rings is 1. The highest BCUT2D eigenvalue weighted by Gasteiger charge is 2.23. The highest BCUT2D eigenvalue weighted by molar-refractivity contribution is 6.31. The monoisotopic (exact) mass is 339 g/mol. The fourth-order valence-electron chi connectivity index (χ4n) is 2.42. The van der Waals surface area contributed by atoms with Gasteiger partial charge in [-0.15, -0.1) is 0 Å². The number of anilines is 1. The first-order valence-electron chi connectivity index (χ1n) is 7.69. The summed E-state index contributed by atoms with van der Waals surface area (Å²) in [6.07, 6.45) is 0. The number of aryl methyl sites for hydroxylation is 1. The van der Waals surface area contributed by atoms with Crippen LogP contribution in [-0.4, -0.2) is 61.1 Å². The molecule has 0 aromatic heterocycles. The van der Waals surface area contributed by atoms with Crippen LogP contribution in [0.2, 0.25) is 5.02 Å². The van der Waals surface area contributed by atoms with Crippen LogP contribution in [0.25, 0.3) is 0 Å². The maximum atomic E-state index is 12.3. The molecule has 0 aliphatic carbocycles. The van der Waals surface area contributed by atoms with E-state index in [-0.39, 0.29) is 18.5 Å². The van der Waals surface area contributed by atoms with E-state index < -0.39 is 0 Å². The predicted molar refractivity (Wildman–Crippen MR) is 89.9 cm³/mol. The lowest BCUT2D eigenvalue weighted by molar-refractivity contribution is -0.144. The van der Waals surface area contributed by atoms with Crippen molar-refractivity contribution in [3.05, 3.63) is 28.8 Å². The van der Waals surface area contributed by atoms with Crippen LogP contribution in [0.15, 0.2) is 18.2 Å². The van der Waals surface area contributed by atoms with Gasteiger partial charge in [0.1, 0.15) is 0 Å². The molecule has 0 radical (unpaired) electrons. The van der Waals surface area contributed by atoms with E-state index in [9.17, 15) is 9.59 Å². The van der Waals surface area contributed by atoms with Gasteiger partial charge in [-0.2, -0.15) is 0 Å². The van der Waals surface area contributed by atoms with Crippen molar-refractivity contribution in [2.75, 3.05) is 44.6 Å². The first kappa shape index (κ1) is 17.6. The van der Waals surface area contributed by atoms with Crippen molar-refractivity contribution < 1.29 is 14.3 Å². The van der Waals surface area contributed by atoms with Crippen LogP contribution in [-0.2, 0) is 9.53 Å². The van der Waals surface area contributed by atoms with Crippen molar-refractivity contribution in [1.82, 2.24) is 9.80 Å². The van der Waals surface area contributed by atoms with E-state index >= 15 is 0 Å². The summed E-state index contributed by atoms with van der Waals surface area (Å²) in [5.74, 6) is -0.222. The van der Waals surface area contributed by atoms with E-state index in [0.29, 0.717) is 37.8 Å². The molecule has 0 bridgehead atoms. The van der Waals surface area contributed by atoms with Crippen LogP contribution in [0, 0.1) is 6.92 Å². The zero-order chi connectivity index (χ0) is 16.8. The second-order valence-corrected chi connectivity index (χ2v) is 5.89. The number of rotatable bonds is 4. The molecule has 0 atom stereocenters. The van der Waals surface area contributed by atoms with E-state index in [1.54, 1.807) is 24.0 Å². The molecule has 23 heavy (non-hydrogen) atoms. The smallest absolute Gasteiger partial charge is 0.321 e. The van der Waals surface area contributed by atoms with Gasteiger partial charge in [0.2, 0.25) is 0 Å². The fraction of sp³-hybridized carbons (Fsp3) is 0.500. The molecule has 1 saturated heterocycles. The minimum atomic E-state index is -0.222. The molecule has 1 aliphatic heterocycles. The van der Waals surface area contributed by atoms with E-state index in [0.717, 1.165) is 11.3 Å². The predicted octanol–water partition coefficient (Wildman–Crippen LogP) is 2.36. The Balaban J connectivity index is 1.84. The Bertz CT molecular complexity index is 572. The molecule has 126 valence electrons. The highest BCUT2D eigenvalue weighted by atomic mass is 35.5. The van der Waals surface area contributed by atoms with Crippen molar-refractivity contribution >= 4 is 29.3 Å². The summed E-state index contributed by atoms with van der Waals surface area (Å²) in [5.41, 5.74) is 1.68. The van der Waals surface area contributed by atoms with Crippen molar-refractivity contribution in [2.45, 2.75) is 13.8 Å². The van der Waals surface area contributed by atoms with Crippen LogP contribution >= 0.6 is 11.6 Å². The molecule has 1 aliphatic rings. The molecule has 7 heteroatoms. The molecule has 1 aromatic carbocycles. The first-order valence-corrected chi connectivity index (χ1v) is 8.07. The molecule has 1 aromatic rings. The van der Waals surface area contributed by atoms with Crippen LogP contribution < -0.4 is 5.32 Å². The Labute approximate surface area is 141 Å². The van der Waals surface area contributed by atoms with Gasteiger partial charge in [0, 0.05) is 36.9 Å². The Kier molecular flexibility index (Phi) is 6.24. The molecular weight excluding hydrogens is 318 g/mol. The lowest BCUT2D eigenvalue weighted by atomic mass is 10.2. The third-order valence-electron chi connectivity index (χ3n) is 3.76. The molecule has 2 rings (SSSR count). The molecule has 1 N–H and O–H groups in total. The van der Waals surface area contributed by atoms with Gasteiger partial charge in [-0.3, -0.25) is 9.69 Å². The largest absolute Gasteiger partial charge is 0.465 e. The van der Waals surface area contributed by atoms with E-state index in [2.05, 4.69) is 5.32 Å². The second-order valence-electron chi connectivity index (χ2n) is 5.46. The van der Waals surface area contributed by atoms with E-state index in [4.69, 9.17) is 16.3 Å². The first-order chi connectivity index (χ1) is 11.0. The number of nitrogens with one attached hydrogen (secondary N) is 1. The Morgan fingerprint density at radius 2 is 1.96 bits per heavy atom. The Morgan fingerprint density at radius 1 is 1.26 bits per heavy atom. The molecular formula is C16H22ClN3O3. The van der Waals surface area contributed by atoms with Gasteiger partial charge in [0.25, 0.3) is 0 Å². The molecule has 2 amide bonds. The summed E-state index contributed by atoms with van der Waals surface area (Å²) in [7, 11) is 0. The Morgan fingerprint density at radius 3 is 2.61 bits per heavy atom. The summed E-state index contributed by atoms with van der Waals surface area (Å²) < 4.78 is 4.94. The van der Waals surface area contributed by atoms with Crippen LogP contribution in [0.5, 0.6) is 0 Å². The number of ether oxygens (including phenoxy) is 1. The van der Waals surface area contributed by atoms with Gasteiger partial charge >= 0.3 is 12.0 Å². The zero-order valence-corrected chi connectivity index (χ0v) is 14.2. The Hall–Kier alpha value is -1.79. The van der Waals surface area contributed by atoms with Gasteiger partial charge in [-0.25, -0.2) is 4.79 Å². The minimum absolute atomic E-state index is 0.147. The molecule has 0 unspecified atom stereocenters. The molecule has 0 spiro atoms. The number of carbonyl (C=O) groups excluding carboxylic acids is 2.